The third kappa shape index (κ3) is 5.64. The molecule has 0 aromatic rings. The number of likely N-dealkylation sites (tertiary alicyclic amines) is 1. The Hall–Kier alpha value is -2.24. The van der Waals surface area contributed by atoms with E-state index in [1.165, 1.54) is 13.8 Å². The zero-order chi connectivity index (χ0) is 21.7. The fraction of sp³-hybridized carbons (Fsp3) is 0.778. The molecule has 29 heavy (non-hydrogen) atoms. The number of amides is 3. The van der Waals surface area contributed by atoms with Crippen LogP contribution >= 0.6 is 0 Å². The molecule has 0 aliphatic carbocycles. The van der Waals surface area contributed by atoms with Crippen molar-refractivity contribution in [2.45, 2.75) is 75.9 Å². The van der Waals surface area contributed by atoms with Gasteiger partial charge in [0.15, 0.2) is 0 Å². The van der Waals surface area contributed by atoms with E-state index in [4.69, 9.17) is 0 Å². The van der Waals surface area contributed by atoms with Crippen molar-refractivity contribution in [3.05, 3.63) is 0 Å². The maximum absolute atomic E-state index is 12.8. The highest BCUT2D eigenvalue weighted by Gasteiger charge is 2.40. The van der Waals surface area contributed by atoms with E-state index >= 15 is 0 Å². The first-order valence-electron chi connectivity index (χ1n) is 9.87. The lowest BCUT2D eigenvalue weighted by molar-refractivity contribution is -0.151. The Labute approximate surface area is 168 Å². The van der Waals surface area contributed by atoms with Gasteiger partial charge in [0.25, 0.3) is 0 Å². The molecule has 11 nitrogen and oxygen atoms in total. The fourth-order valence-electron chi connectivity index (χ4n) is 3.67. The van der Waals surface area contributed by atoms with Crippen LogP contribution in [0.4, 0.5) is 0 Å². The number of aliphatic hydroxyl groups excluding tert-OH is 2. The Bertz CT molecular complexity index is 634. The molecular formula is C18H30N4O7. The summed E-state index contributed by atoms with van der Waals surface area (Å²) in [6.07, 6.45) is -0.318. The summed E-state index contributed by atoms with van der Waals surface area (Å²) in [7, 11) is 0. The summed E-state index contributed by atoms with van der Waals surface area (Å²) in [6.45, 7) is 3.52. The average molecular weight is 414 g/mol. The number of carboxylic acids is 1. The minimum Gasteiger partial charge on any atom is -0.480 e. The van der Waals surface area contributed by atoms with E-state index in [1.54, 1.807) is 0 Å². The highest BCUT2D eigenvalue weighted by Crippen LogP contribution is 2.19. The molecule has 164 valence electrons. The molecule has 2 rings (SSSR count). The predicted octanol–water partition coefficient (Wildman–Crippen LogP) is -2.45. The molecule has 0 saturated carbocycles. The highest BCUT2D eigenvalue weighted by molar-refractivity contribution is 5.94. The summed E-state index contributed by atoms with van der Waals surface area (Å²) in [5.74, 6) is -3.14. The summed E-state index contributed by atoms with van der Waals surface area (Å²) >= 11 is 0. The molecule has 3 amide bonds. The van der Waals surface area contributed by atoms with Gasteiger partial charge in [0.05, 0.1) is 18.2 Å². The van der Waals surface area contributed by atoms with Crippen molar-refractivity contribution in [3.8, 4) is 0 Å². The Morgan fingerprint density at radius 1 is 1.00 bits per heavy atom. The van der Waals surface area contributed by atoms with Crippen molar-refractivity contribution in [1.82, 2.24) is 20.9 Å². The quantitative estimate of drug-likeness (QED) is 0.254. The van der Waals surface area contributed by atoms with E-state index in [0.717, 1.165) is 11.3 Å². The second kappa shape index (κ2) is 9.99. The first-order valence-corrected chi connectivity index (χ1v) is 9.87. The number of carboxylic acid groups (broad SMARTS) is 1. The van der Waals surface area contributed by atoms with Gasteiger partial charge < -0.3 is 36.2 Å². The lowest BCUT2D eigenvalue weighted by Gasteiger charge is -2.30. The van der Waals surface area contributed by atoms with Gasteiger partial charge in [-0.15, -0.1) is 0 Å². The molecule has 0 aromatic carbocycles. The van der Waals surface area contributed by atoms with Crippen molar-refractivity contribution in [1.29, 1.82) is 0 Å². The monoisotopic (exact) mass is 414 g/mol. The molecule has 2 aliphatic heterocycles. The number of carbonyl (C=O) groups is 4. The summed E-state index contributed by atoms with van der Waals surface area (Å²) in [6, 6.07) is -4.20. The van der Waals surface area contributed by atoms with E-state index in [-0.39, 0.29) is 6.54 Å². The first-order chi connectivity index (χ1) is 13.6. The summed E-state index contributed by atoms with van der Waals surface area (Å²) in [4.78, 5) is 50.2. The van der Waals surface area contributed by atoms with Gasteiger partial charge in [-0.1, -0.05) is 0 Å². The molecule has 2 saturated heterocycles. The van der Waals surface area contributed by atoms with Crippen molar-refractivity contribution < 1.29 is 34.5 Å². The van der Waals surface area contributed by atoms with Crippen LogP contribution in [-0.2, 0) is 19.2 Å². The maximum Gasteiger partial charge on any atom is 0.326 e. The molecule has 2 fully saturated rings. The SMILES string of the molecule is CC(O)C(NC(=O)C1CCCN1)C(=O)NC(C(=O)N1CCCC1C(=O)O)C(C)O. The number of aliphatic hydroxyl groups is 2. The van der Waals surface area contributed by atoms with Gasteiger partial charge in [0.2, 0.25) is 17.7 Å². The minimum absolute atomic E-state index is 0.207. The summed E-state index contributed by atoms with van der Waals surface area (Å²) in [5.41, 5.74) is 0. The van der Waals surface area contributed by atoms with Crippen LogP contribution in [0, 0.1) is 0 Å². The number of nitrogens with zero attached hydrogens (tertiary/aromatic N) is 1. The number of hydrogen-bond acceptors (Lipinski definition) is 7. The number of nitrogens with one attached hydrogen (secondary N) is 3. The molecule has 0 spiro atoms. The smallest absolute Gasteiger partial charge is 0.326 e. The van der Waals surface area contributed by atoms with Crippen LogP contribution in [-0.4, -0.2) is 93.4 Å². The molecule has 2 heterocycles. The molecule has 6 atom stereocenters. The molecule has 2 aliphatic rings. The second-order valence-electron chi connectivity index (χ2n) is 7.63. The molecule has 6 unspecified atom stereocenters. The molecule has 11 heteroatoms. The van der Waals surface area contributed by atoms with Crippen molar-refractivity contribution >= 4 is 23.7 Å². The van der Waals surface area contributed by atoms with Crippen LogP contribution in [0.3, 0.4) is 0 Å². The van der Waals surface area contributed by atoms with Crippen molar-refractivity contribution in [3.63, 3.8) is 0 Å². The zero-order valence-corrected chi connectivity index (χ0v) is 16.6. The second-order valence-corrected chi connectivity index (χ2v) is 7.63. The van der Waals surface area contributed by atoms with Gasteiger partial charge >= 0.3 is 5.97 Å². The summed E-state index contributed by atoms with van der Waals surface area (Å²) in [5, 5.41) is 37.1. The van der Waals surface area contributed by atoms with Gasteiger partial charge in [-0.25, -0.2) is 4.79 Å². The number of rotatable bonds is 8. The van der Waals surface area contributed by atoms with Crippen LogP contribution in [0.1, 0.15) is 39.5 Å². The number of aliphatic carboxylic acids is 1. The van der Waals surface area contributed by atoms with E-state index in [0.29, 0.717) is 25.8 Å². The molecule has 0 radical (unpaired) electrons. The van der Waals surface area contributed by atoms with Crippen LogP contribution < -0.4 is 16.0 Å². The largest absolute Gasteiger partial charge is 0.480 e. The molecule has 0 aromatic heterocycles. The lowest BCUT2D eigenvalue weighted by atomic mass is 10.1. The standard InChI is InChI=1S/C18H30N4O7/c1-9(23)13(20-15(25)11-5-3-7-19-11)16(26)21-14(10(2)24)17(27)22-8-4-6-12(22)18(28)29/h9-14,19,23-24H,3-8H2,1-2H3,(H,20,25)(H,21,26)(H,28,29). The van der Waals surface area contributed by atoms with Gasteiger partial charge in [-0.2, -0.15) is 0 Å². The normalized spacial score (nSPS) is 25.7. The number of carbonyl (C=O) groups excluding carboxylic acids is 3. The summed E-state index contributed by atoms with van der Waals surface area (Å²) < 4.78 is 0. The van der Waals surface area contributed by atoms with Crippen LogP contribution in [0.2, 0.25) is 0 Å². The number of hydrogen-bond donors (Lipinski definition) is 6. The van der Waals surface area contributed by atoms with E-state index in [9.17, 15) is 34.5 Å². The lowest BCUT2D eigenvalue weighted by Crippen LogP contribution is -2.61. The average Bonchev–Trinajstić information content (AvgIpc) is 3.34. The van der Waals surface area contributed by atoms with Gasteiger partial charge in [-0.3, -0.25) is 14.4 Å². The van der Waals surface area contributed by atoms with Crippen LogP contribution in [0.5, 0.6) is 0 Å². The van der Waals surface area contributed by atoms with E-state index < -0.39 is 60.1 Å². The third-order valence-corrected chi connectivity index (χ3v) is 5.31. The molecule has 0 bridgehead atoms. The Kier molecular flexibility index (Phi) is 7.94. The van der Waals surface area contributed by atoms with Gasteiger partial charge in [0.1, 0.15) is 18.1 Å². The zero-order valence-electron chi connectivity index (χ0n) is 16.6. The maximum atomic E-state index is 12.8. The minimum atomic E-state index is -1.40. The third-order valence-electron chi connectivity index (χ3n) is 5.31. The Morgan fingerprint density at radius 2 is 1.66 bits per heavy atom. The Morgan fingerprint density at radius 3 is 2.17 bits per heavy atom. The van der Waals surface area contributed by atoms with Crippen molar-refractivity contribution in [2.24, 2.45) is 0 Å². The molecular weight excluding hydrogens is 384 g/mol. The van der Waals surface area contributed by atoms with Gasteiger partial charge in [0, 0.05) is 6.54 Å². The fourth-order valence-corrected chi connectivity index (χ4v) is 3.67. The van der Waals surface area contributed by atoms with Gasteiger partial charge in [-0.05, 0) is 46.1 Å². The van der Waals surface area contributed by atoms with E-state index in [1.807, 2.05) is 0 Å². The highest BCUT2D eigenvalue weighted by atomic mass is 16.4. The van der Waals surface area contributed by atoms with Crippen LogP contribution in [0.25, 0.3) is 0 Å². The predicted molar refractivity (Wildman–Crippen MR) is 101 cm³/mol. The van der Waals surface area contributed by atoms with Crippen molar-refractivity contribution in [2.75, 3.05) is 13.1 Å². The first kappa shape index (κ1) is 23.0. The molecule has 6 N–H and O–H groups in total. The Balaban J connectivity index is 2.08. The topological polar surface area (TPSA) is 168 Å². The van der Waals surface area contributed by atoms with E-state index in [2.05, 4.69) is 16.0 Å². The van der Waals surface area contributed by atoms with Crippen LogP contribution in [0.15, 0.2) is 0 Å².